The van der Waals surface area contributed by atoms with Crippen molar-refractivity contribution in [1.29, 1.82) is 0 Å². The summed E-state index contributed by atoms with van der Waals surface area (Å²) in [5.41, 5.74) is 3.99. The monoisotopic (exact) mass is 309 g/mol. The number of anilines is 3. The van der Waals surface area contributed by atoms with Gasteiger partial charge < -0.3 is 15.5 Å². The number of hydrogen-bond acceptors (Lipinski definition) is 2. The number of urea groups is 1. The largest absolute Gasteiger partial charge is 0.372 e. The smallest absolute Gasteiger partial charge is 0.323 e. The van der Waals surface area contributed by atoms with Gasteiger partial charge in [-0.2, -0.15) is 0 Å². The zero-order valence-corrected chi connectivity index (χ0v) is 13.5. The molecule has 120 valence electrons. The van der Waals surface area contributed by atoms with E-state index in [-0.39, 0.29) is 6.03 Å². The van der Waals surface area contributed by atoms with Crippen molar-refractivity contribution in [2.24, 2.45) is 0 Å². The molecule has 1 fully saturated rings. The molecule has 1 aliphatic rings. The van der Waals surface area contributed by atoms with E-state index in [1.165, 1.54) is 30.5 Å². The number of carbonyl (C=O) groups is 1. The minimum absolute atomic E-state index is 0.223. The number of rotatable bonds is 3. The molecule has 1 heterocycles. The van der Waals surface area contributed by atoms with Crippen LogP contribution in [0.2, 0.25) is 0 Å². The maximum atomic E-state index is 12.0. The lowest BCUT2D eigenvalue weighted by molar-refractivity contribution is 0.262. The highest BCUT2D eigenvalue weighted by molar-refractivity contribution is 5.99. The number of nitrogens with zero attached hydrogens (tertiary/aromatic N) is 1. The van der Waals surface area contributed by atoms with Crippen molar-refractivity contribution in [2.75, 3.05) is 28.6 Å². The van der Waals surface area contributed by atoms with Gasteiger partial charge in [-0.3, -0.25) is 0 Å². The Hall–Kier alpha value is -2.49. The fourth-order valence-corrected chi connectivity index (χ4v) is 2.84. The maximum absolute atomic E-state index is 12.0. The Morgan fingerprint density at radius 2 is 1.35 bits per heavy atom. The van der Waals surface area contributed by atoms with E-state index >= 15 is 0 Å². The summed E-state index contributed by atoms with van der Waals surface area (Å²) in [6.45, 7) is 4.27. The molecule has 2 aromatic carbocycles. The van der Waals surface area contributed by atoms with Crippen LogP contribution in [-0.4, -0.2) is 19.1 Å². The second-order valence-corrected chi connectivity index (χ2v) is 6.04. The molecule has 2 aromatic rings. The van der Waals surface area contributed by atoms with Crippen molar-refractivity contribution in [2.45, 2.75) is 26.2 Å². The van der Waals surface area contributed by atoms with Crippen LogP contribution in [0, 0.1) is 6.92 Å². The van der Waals surface area contributed by atoms with Crippen LogP contribution in [0.4, 0.5) is 21.9 Å². The molecule has 0 radical (unpaired) electrons. The van der Waals surface area contributed by atoms with Crippen LogP contribution in [0.5, 0.6) is 0 Å². The van der Waals surface area contributed by atoms with Crippen LogP contribution >= 0.6 is 0 Å². The van der Waals surface area contributed by atoms with Crippen LogP contribution in [-0.2, 0) is 0 Å². The molecule has 4 heteroatoms. The standard InChI is InChI=1S/C19H23N3O/c1-15-5-7-16(8-6-15)20-19(23)21-17-9-11-18(12-10-17)22-13-3-2-4-14-22/h5-12H,2-4,13-14H2,1H3,(H2,20,21,23). The summed E-state index contributed by atoms with van der Waals surface area (Å²) in [6.07, 6.45) is 3.85. The van der Waals surface area contributed by atoms with Gasteiger partial charge >= 0.3 is 6.03 Å². The molecule has 0 unspecified atom stereocenters. The Labute approximate surface area is 137 Å². The van der Waals surface area contributed by atoms with Crippen LogP contribution < -0.4 is 15.5 Å². The number of benzene rings is 2. The van der Waals surface area contributed by atoms with Gasteiger partial charge in [-0.1, -0.05) is 17.7 Å². The van der Waals surface area contributed by atoms with Gasteiger partial charge in [0, 0.05) is 30.2 Å². The van der Waals surface area contributed by atoms with Crippen molar-refractivity contribution in [3.63, 3.8) is 0 Å². The first-order valence-corrected chi connectivity index (χ1v) is 8.20. The highest BCUT2D eigenvalue weighted by atomic mass is 16.2. The van der Waals surface area contributed by atoms with E-state index in [1.807, 2.05) is 43.3 Å². The Bertz CT molecular complexity index is 643. The summed E-state index contributed by atoms with van der Waals surface area (Å²) in [5, 5.41) is 5.70. The third-order valence-corrected chi connectivity index (χ3v) is 4.16. The maximum Gasteiger partial charge on any atom is 0.323 e. The van der Waals surface area contributed by atoms with Gasteiger partial charge in [-0.25, -0.2) is 4.79 Å². The first kappa shape index (κ1) is 15.4. The predicted octanol–water partition coefficient (Wildman–Crippen LogP) is 4.63. The Balaban J connectivity index is 1.57. The van der Waals surface area contributed by atoms with Gasteiger partial charge in [0.25, 0.3) is 0 Å². The summed E-state index contributed by atoms with van der Waals surface area (Å²) in [6, 6.07) is 15.6. The lowest BCUT2D eigenvalue weighted by atomic mass is 10.1. The zero-order valence-electron chi connectivity index (χ0n) is 13.5. The molecular weight excluding hydrogens is 286 g/mol. The summed E-state index contributed by atoms with van der Waals surface area (Å²) in [4.78, 5) is 14.4. The van der Waals surface area contributed by atoms with Gasteiger partial charge in [-0.05, 0) is 62.6 Å². The van der Waals surface area contributed by atoms with Crippen LogP contribution in [0.1, 0.15) is 24.8 Å². The molecule has 23 heavy (non-hydrogen) atoms. The Morgan fingerprint density at radius 1 is 0.826 bits per heavy atom. The molecule has 2 amide bonds. The summed E-state index contributed by atoms with van der Waals surface area (Å²) >= 11 is 0. The van der Waals surface area contributed by atoms with Crippen LogP contribution in [0.25, 0.3) is 0 Å². The number of hydrogen-bond donors (Lipinski definition) is 2. The van der Waals surface area contributed by atoms with E-state index < -0.39 is 0 Å². The molecule has 0 atom stereocenters. The Morgan fingerprint density at radius 3 is 1.91 bits per heavy atom. The molecule has 1 aliphatic heterocycles. The lowest BCUT2D eigenvalue weighted by Crippen LogP contribution is -2.29. The lowest BCUT2D eigenvalue weighted by Gasteiger charge is -2.28. The summed E-state index contributed by atoms with van der Waals surface area (Å²) < 4.78 is 0. The van der Waals surface area contributed by atoms with Crippen molar-refractivity contribution < 1.29 is 4.79 Å². The van der Waals surface area contributed by atoms with E-state index in [4.69, 9.17) is 0 Å². The molecule has 0 spiro atoms. The van der Waals surface area contributed by atoms with E-state index in [9.17, 15) is 4.79 Å². The van der Waals surface area contributed by atoms with Crippen molar-refractivity contribution in [1.82, 2.24) is 0 Å². The van der Waals surface area contributed by atoms with E-state index in [0.29, 0.717) is 0 Å². The number of carbonyl (C=O) groups excluding carboxylic acids is 1. The molecule has 2 N–H and O–H groups in total. The van der Waals surface area contributed by atoms with Crippen LogP contribution in [0.3, 0.4) is 0 Å². The zero-order chi connectivity index (χ0) is 16.1. The minimum Gasteiger partial charge on any atom is -0.372 e. The van der Waals surface area contributed by atoms with Gasteiger partial charge in [0.2, 0.25) is 0 Å². The summed E-state index contributed by atoms with van der Waals surface area (Å²) in [7, 11) is 0. The van der Waals surface area contributed by atoms with Crippen molar-refractivity contribution in [3.8, 4) is 0 Å². The van der Waals surface area contributed by atoms with E-state index in [2.05, 4.69) is 27.7 Å². The van der Waals surface area contributed by atoms with E-state index in [1.54, 1.807) is 0 Å². The first-order chi connectivity index (χ1) is 11.2. The van der Waals surface area contributed by atoms with Crippen molar-refractivity contribution in [3.05, 3.63) is 54.1 Å². The fraction of sp³-hybridized carbons (Fsp3) is 0.316. The highest BCUT2D eigenvalue weighted by Gasteiger charge is 2.10. The van der Waals surface area contributed by atoms with Gasteiger partial charge in [0.1, 0.15) is 0 Å². The quantitative estimate of drug-likeness (QED) is 0.868. The van der Waals surface area contributed by atoms with Crippen LogP contribution in [0.15, 0.2) is 48.5 Å². The number of aryl methyl sites for hydroxylation is 1. The molecule has 0 aliphatic carbocycles. The topological polar surface area (TPSA) is 44.4 Å². The molecule has 3 rings (SSSR count). The molecule has 0 bridgehead atoms. The normalized spacial score (nSPS) is 14.4. The number of nitrogens with one attached hydrogen (secondary N) is 2. The van der Waals surface area contributed by atoms with E-state index in [0.717, 1.165) is 24.5 Å². The second kappa shape index (κ2) is 7.18. The molecular formula is C19H23N3O. The minimum atomic E-state index is -0.223. The van der Waals surface area contributed by atoms with Gasteiger partial charge in [0.05, 0.1) is 0 Å². The molecule has 1 saturated heterocycles. The third kappa shape index (κ3) is 4.25. The number of amides is 2. The SMILES string of the molecule is Cc1ccc(NC(=O)Nc2ccc(N3CCCCC3)cc2)cc1. The first-order valence-electron chi connectivity index (χ1n) is 8.20. The fourth-order valence-electron chi connectivity index (χ4n) is 2.84. The Kier molecular flexibility index (Phi) is 4.81. The molecule has 0 aromatic heterocycles. The number of piperidine rings is 1. The molecule has 0 saturated carbocycles. The average molecular weight is 309 g/mol. The molecule has 4 nitrogen and oxygen atoms in total. The summed E-state index contributed by atoms with van der Waals surface area (Å²) in [5.74, 6) is 0. The second-order valence-electron chi connectivity index (χ2n) is 6.04. The van der Waals surface area contributed by atoms with Gasteiger partial charge in [0.15, 0.2) is 0 Å². The van der Waals surface area contributed by atoms with Crippen molar-refractivity contribution >= 4 is 23.1 Å². The highest BCUT2D eigenvalue weighted by Crippen LogP contribution is 2.22. The predicted molar refractivity (Wildman–Crippen MR) is 96.3 cm³/mol. The average Bonchev–Trinajstić information content (AvgIpc) is 2.58. The third-order valence-electron chi connectivity index (χ3n) is 4.16. The van der Waals surface area contributed by atoms with Gasteiger partial charge in [-0.15, -0.1) is 0 Å².